The second-order valence-corrected chi connectivity index (χ2v) is 5.39. The zero-order chi connectivity index (χ0) is 11.8. The number of hydrogen-bond donors (Lipinski definition) is 1. The van der Waals surface area contributed by atoms with Gasteiger partial charge in [0.05, 0.1) is 6.61 Å². The van der Waals surface area contributed by atoms with E-state index in [1.807, 2.05) is 6.07 Å². The second-order valence-electron chi connectivity index (χ2n) is 5.39. The lowest BCUT2D eigenvalue weighted by atomic mass is 9.49. The number of hydrogen-bond acceptors (Lipinski definition) is 2. The van der Waals surface area contributed by atoms with Gasteiger partial charge >= 0.3 is 7.12 Å². The van der Waals surface area contributed by atoms with Gasteiger partial charge < -0.3 is 9.68 Å². The number of benzene rings is 1. The van der Waals surface area contributed by atoms with E-state index in [9.17, 15) is 5.02 Å². The average Bonchev–Trinajstić information content (AvgIpc) is 2.60. The molecular weight excluding hydrogens is 198 g/mol. The van der Waals surface area contributed by atoms with E-state index in [4.69, 9.17) is 4.65 Å². The first-order valence-electron chi connectivity index (χ1n) is 5.93. The van der Waals surface area contributed by atoms with E-state index in [1.165, 1.54) is 11.9 Å². The van der Waals surface area contributed by atoms with Crippen LogP contribution in [0.25, 0.3) is 0 Å². The summed E-state index contributed by atoms with van der Waals surface area (Å²) in [6.07, 6.45) is 1.17. The van der Waals surface area contributed by atoms with Crippen molar-refractivity contribution in [1.29, 1.82) is 0 Å². The Kier molecular flexibility index (Phi) is 3.13. The van der Waals surface area contributed by atoms with Gasteiger partial charge in [-0.3, -0.25) is 0 Å². The molecular formula is C12H18B2O2. The van der Waals surface area contributed by atoms with Crippen molar-refractivity contribution in [2.45, 2.75) is 39.1 Å². The summed E-state index contributed by atoms with van der Waals surface area (Å²) in [6, 6.07) is 6.27. The fourth-order valence-electron chi connectivity index (χ4n) is 2.07. The summed E-state index contributed by atoms with van der Waals surface area (Å²) in [6.45, 7) is 7.33. The largest absolute Gasteiger partial charge is 0.491 e. The quantitative estimate of drug-likeness (QED) is 0.748. The van der Waals surface area contributed by atoms with E-state index in [1.54, 1.807) is 0 Å². The summed E-state index contributed by atoms with van der Waals surface area (Å²) in [4.78, 5) is 0. The van der Waals surface area contributed by atoms with Crippen molar-refractivity contribution in [3.63, 3.8) is 0 Å². The lowest BCUT2D eigenvalue weighted by Crippen LogP contribution is -2.31. The number of fused-ring (bicyclic) bond motifs is 1. The maximum Gasteiger partial charge on any atom is 0.491 e. The van der Waals surface area contributed by atoms with Crippen LogP contribution >= 0.6 is 0 Å². The molecule has 2 nitrogen and oxygen atoms in total. The second kappa shape index (κ2) is 4.27. The molecule has 0 bridgehead atoms. The Balaban J connectivity index is 2.20. The molecule has 0 saturated carbocycles. The van der Waals surface area contributed by atoms with Gasteiger partial charge in [-0.1, -0.05) is 56.2 Å². The van der Waals surface area contributed by atoms with Crippen molar-refractivity contribution in [2.24, 2.45) is 0 Å². The molecule has 1 aromatic rings. The van der Waals surface area contributed by atoms with Gasteiger partial charge in [0.1, 0.15) is 0 Å². The van der Waals surface area contributed by atoms with E-state index >= 15 is 0 Å². The Hall–Kier alpha value is -0.730. The molecule has 0 unspecified atom stereocenters. The van der Waals surface area contributed by atoms with Gasteiger partial charge in [-0.05, 0) is 11.0 Å². The minimum Gasteiger partial charge on any atom is -0.423 e. The van der Waals surface area contributed by atoms with Crippen LogP contribution in [0.2, 0.25) is 5.31 Å². The third kappa shape index (κ3) is 2.33. The van der Waals surface area contributed by atoms with Crippen LogP contribution in [0.4, 0.5) is 0 Å². The molecule has 0 spiro atoms. The van der Waals surface area contributed by atoms with Gasteiger partial charge in [0, 0.05) is 0 Å². The van der Waals surface area contributed by atoms with Crippen LogP contribution in [0.1, 0.15) is 32.8 Å². The molecule has 1 N–H and O–H groups in total. The van der Waals surface area contributed by atoms with Crippen LogP contribution in [0.5, 0.6) is 0 Å². The van der Waals surface area contributed by atoms with Crippen LogP contribution in [0, 0.1) is 0 Å². The standard InChI is InChI=1S/C12H18B2O2/c1-4-12(2,3)13-10-5-6-11-9(7-10)8-16-14(11)15/h5-7,13,15H,4,8H2,1-3H3. The topological polar surface area (TPSA) is 29.5 Å². The van der Waals surface area contributed by atoms with Crippen molar-refractivity contribution in [3.05, 3.63) is 23.8 Å². The molecule has 0 aromatic heterocycles. The van der Waals surface area contributed by atoms with Gasteiger partial charge in [-0.2, -0.15) is 0 Å². The summed E-state index contributed by atoms with van der Waals surface area (Å²) < 4.78 is 5.19. The Bertz CT molecular complexity index is 391. The van der Waals surface area contributed by atoms with Crippen LogP contribution in [-0.4, -0.2) is 19.4 Å². The zero-order valence-electron chi connectivity index (χ0n) is 10.3. The lowest BCUT2D eigenvalue weighted by Gasteiger charge is -2.21. The fourth-order valence-corrected chi connectivity index (χ4v) is 2.07. The van der Waals surface area contributed by atoms with Gasteiger partial charge in [0.15, 0.2) is 7.28 Å². The van der Waals surface area contributed by atoms with Gasteiger partial charge in [-0.25, -0.2) is 0 Å². The predicted molar refractivity (Wildman–Crippen MR) is 70.0 cm³/mol. The monoisotopic (exact) mass is 216 g/mol. The Morgan fingerprint density at radius 2 is 2.25 bits per heavy atom. The molecule has 1 aromatic carbocycles. The molecule has 0 aliphatic carbocycles. The predicted octanol–water partition coefficient (Wildman–Crippen LogP) is 0.575. The van der Waals surface area contributed by atoms with E-state index in [2.05, 4.69) is 32.9 Å². The molecule has 16 heavy (non-hydrogen) atoms. The molecule has 0 saturated heterocycles. The van der Waals surface area contributed by atoms with Crippen molar-refractivity contribution < 1.29 is 9.68 Å². The molecule has 0 amide bonds. The fraction of sp³-hybridized carbons (Fsp3) is 0.500. The molecule has 1 aliphatic heterocycles. The highest BCUT2D eigenvalue weighted by atomic mass is 16.5. The normalized spacial score (nSPS) is 15.1. The maximum atomic E-state index is 9.53. The molecule has 1 aliphatic rings. The SMILES string of the molecule is CCC(C)(C)Bc1ccc2c(c1)COB2O. The average molecular weight is 216 g/mol. The highest BCUT2D eigenvalue weighted by Gasteiger charge is 2.27. The summed E-state index contributed by atoms with van der Waals surface area (Å²) in [5.41, 5.74) is 3.40. The summed E-state index contributed by atoms with van der Waals surface area (Å²) in [5.74, 6) is 0. The van der Waals surface area contributed by atoms with Crippen LogP contribution in [-0.2, 0) is 11.3 Å². The minimum absolute atomic E-state index is 0.340. The maximum absolute atomic E-state index is 9.53. The Labute approximate surface area is 98.4 Å². The van der Waals surface area contributed by atoms with Gasteiger partial charge in [-0.15, -0.1) is 0 Å². The third-order valence-electron chi connectivity index (χ3n) is 3.51. The van der Waals surface area contributed by atoms with E-state index in [0.717, 1.165) is 18.3 Å². The van der Waals surface area contributed by atoms with E-state index in [-0.39, 0.29) is 0 Å². The third-order valence-corrected chi connectivity index (χ3v) is 3.51. The Morgan fingerprint density at radius 3 is 2.94 bits per heavy atom. The minimum atomic E-state index is -0.719. The molecule has 0 radical (unpaired) electrons. The highest BCUT2D eigenvalue weighted by molar-refractivity contribution is 6.62. The summed E-state index contributed by atoms with van der Waals surface area (Å²) >= 11 is 0. The molecule has 1 heterocycles. The van der Waals surface area contributed by atoms with Crippen LogP contribution in [0.3, 0.4) is 0 Å². The highest BCUT2D eigenvalue weighted by Crippen LogP contribution is 2.26. The van der Waals surface area contributed by atoms with Crippen LogP contribution < -0.4 is 10.9 Å². The molecule has 4 heteroatoms. The van der Waals surface area contributed by atoms with Crippen molar-refractivity contribution in [3.8, 4) is 0 Å². The number of rotatable bonds is 3. The first kappa shape index (κ1) is 11.7. The van der Waals surface area contributed by atoms with E-state index < -0.39 is 7.12 Å². The zero-order valence-corrected chi connectivity index (χ0v) is 10.3. The lowest BCUT2D eigenvalue weighted by molar-refractivity contribution is 0.275. The first-order valence-corrected chi connectivity index (χ1v) is 5.93. The van der Waals surface area contributed by atoms with Crippen molar-refractivity contribution >= 4 is 25.3 Å². The van der Waals surface area contributed by atoms with Crippen molar-refractivity contribution in [1.82, 2.24) is 0 Å². The van der Waals surface area contributed by atoms with Crippen molar-refractivity contribution in [2.75, 3.05) is 0 Å². The molecule has 0 atom stereocenters. The van der Waals surface area contributed by atoms with Gasteiger partial charge in [0.25, 0.3) is 0 Å². The molecule has 84 valence electrons. The van der Waals surface area contributed by atoms with Crippen LogP contribution in [0.15, 0.2) is 18.2 Å². The summed E-state index contributed by atoms with van der Waals surface area (Å²) in [7, 11) is 0.357. The smallest absolute Gasteiger partial charge is 0.423 e. The van der Waals surface area contributed by atoms with Gasteiger partial charge in [0.2, 0.25) is 0 Å². The molecule has 0 fully saturated rings. The van der Waals surface area contributed by atoms with E-state index in [0.29, 0.717) is 11.9 Å². The summed E-state index contributed by atoms with van der Waals surface area (Å²) in [5, 5.41) is 9.87. The first-order chi connectivity index (χ1) is 7.52. The Morgan fingerprint density at radius 1 is 1.50 bits per heavy atom. The molecule has 2 rings (SSSR count).